The number of nitrogens with zero attached hydrogens (tertiary/aromatic N) is 5. The topological polar surface area (TPSA) is 65.2 Å². The van der Waals surface area contributed by atoms with E-state index < -0.39 is 0 Å². The van der Waals surface area contributed by atoms with Crippen molar-refractivity contribution in [3.8, 4) is 17.2 Å². The van der Waals surface area contributed by atoms with Crippen molar-refractivity contribution >= 4 is 5.91 Å². The molecule has 5 rings (SSSR count). The van der Waals surface area contributed by atoms with E-state index in [9.17, 15) is 4.79 Å². The van der Waals surface area contributed by atoms with E-state index >= 15 is 0 Å². The molecule has 1 aromatic heterocycles. The monoisotopic (exact) mass is 475 g/mol. The van der Waals surface area contributed by atoms with Crippen molar-refractivity contribution in [2.75, 3.05) is 26.2 Å². The molecule has 0 bridgehead atoms. The summed E-state index contributed by atoms with van der Waals surface area (Å²) in [6, 6.07) is 28.0. The van der Waals surface area contributed by atoms with E-state index in [2.05, 4.69) is 32.7 Å². The van der Waals surface area contributed by atoms with E-state index in [0.717, 1.165) is 67.1 Å². The molecule has 36 heavy (non-hydrogen) atoms. The van der Waals surface area contributed by atoms with Crippen LogP contribution in [0.1, 0.15) is 33.6 Å². The van der Waals surface area contributed by atoms with Gasteiger partial charge in [0.05, 0.1) is 23.7 Å². The van der Waals surface area contributed by atoms with Gasteiger partial charge in [-0.3, -0.25) is 9.69 Å². The molecule has 0 atom stereocenters. The minimum atomic E-state index is 0.0994. The summed E-state index contributed by atoms with van der Waals surface area (Å²) in [5, 5.41) is 9.01. The summed E-state index contributed by atoms with van der Waals surface area (Å²) in [4.78, 5) is 22.0. The summed E-state index contributed by atoms with van der Waals surface area (Å²) in [5.74, 6) is 0.0994. The van der Waals surface area contributed by atoms with E-state index in [0.29, 0.717) is 12.1 Å². The maximum Gasteiger partial charge on any atom is 0.253 e. The van der Waals surface area contributed by atoms with Crippen LogP contribution in [0.3, 0.4) is 0 Å². The summed E-state index contributed by atoms with van der Waals surface area (Å²) >= 11 is 0. The van der Waals surface area contributed by atoms with E-state index in [-0.39, 0.29) is 5.91 Å². The van der Waals surface area contributed by atoms with Gasteiger partial charge in [0, 0.05) is 51.0 Å². The second-order valence-electron chi connectivity index (χ2n) is 9.19. The van der Waals surface area contributed by atoms with Gasteiger partial charge in [-0.05, 0) is 47.4 Å². The number of benzene rings is 3. The average Bonchev–Trinajstić information content (AvgIpc) is 3.22. The van der Waals surface area contributed by atoms with Gasteiger partial charge < -0.3 is 9.47 Å². The van der Waals surface area contributed by atoms with Crippen LogP contribution in [0.2, 0.25) is 0 Å². The Bertz CT molecular complexity index is 1340. The minimum Gasteiger partial charge on any atom is -0.337 e. The van der Waals surface area contributed by atoms with Crippen LogP contribution in [0.25, 0.3) is 11.1 Å². The zero-order valence-electron chi connectivity index (χ0n) is 20.3. The third-order valence-electron chi connectivity index (χ3n) is 6.73. The molecule has 2 heterocycles. The molecule has 6 heteroatoms. The number of carbonyl (C=O) groups is 1. The lowest BCUT2D eigenvalue weighted by Gasteiger charge is -2.22. The lowest BCUT2D eigenvalue weighted by atomic mass is 10.0. The Kier molecular flexibility index (Phi) is 7.20. The van der Waals surface area contributed by atoms with Gasteiger partial charge in [-0.1, -0.05) is 54.6 Å². The highest BCUT2D eigenvalue weighted by Crippen LogP contribution is 2.20. The molecule has 3 aromatic carbocycles. The van der Waals surface area contributed by atoms with Gasteiger partial charge in [0.2, 0.25) is 0 Å². The van der Waals surface area contributed by atoms with Crippen molar-refractivity contribution in [3.63, 3.8) is 0 Å². The van der Waals surface area contributed by atoms with Gasteiger partial charge in [-0.2, -0.15) is 5.26 Å². The molecule has 6 nitrogen and oxygen atoms in total. The Balaban J connectivity index is 1.18. The lowest BCUT2D eigenvalue weighted by molar-refractivity contribution is 0.0761. The molecule has 4 aromatic rings. The average molecular weight is 476 g/mol. The molecule has 1 amide bonds. The fourth-order valence-corrected chi connectivity index (χ4v) is 4.68. The molecular formula is C30H29N5O. The summed E-state index contributed by atoms with van der Waals surface area (Å²) in [6.45, 7) is 4.76. The van der Waals surface area contributed by atoms with E-state index in [1.54, 1.807) is 0 Å². The van der Waals surface area contributed by atoms with Crippen LogP contribution in [-0.2, 0) is 13.1 Å². The van der Waals surface area contributed by atoms with Gasteiger partial charge in [0.15, 0.2) is 0 Å². The van der Waals surface area contributed by atoms with Gasteiger partial charge in [0.25, 0.3) is 5.91 Å². The van der Waals surface area contributed by atoms with Crippen LogP contribution in [0.5, 0.6) is 0 Å². The first-order valence-electron chi connectivity index (χ1n) is 12.3. The third kappa shape index (κ3) is 5.54. The zero-order valence-corrected chi connectivity index (χ0v) is 20.3. The Morgan fingerprint density at radius 3 is 2.33 bits per heavy atom. The van der Waals surface area contributed by atoms with Crippen LogP contribution < -0.4 is 0 Å². The molecule has 1 aliphatic rings. The molecule has 1 fully saturated rings. The van der Waals surface area contributed by atoms with Crippen molar-refractivity contribution in [1.82, 2.24) is 19.4 Å². The molecule has 0 unspecified atom stereocenters. The summed E-state index contributed by atoms with van der Waals surface area (Å²) in [7, 11) is 0. The summed E-state index contributed by atoms with van der Waals surface area (Å²) in [5.41, 5.74) is 5.96. The van der Waals surface area contributed by atoms with E-state index in [1.165, 1.54) is 0 Å². The maximum absolute atomic E-state index is 13.2. The van der Waals surface area contributed by atoms with Crippen LogP contribution in [-0.4, -0.2) is 51.4 Å². The molecule has 0 saturated carbocycles. The van der Waals surface area contributed by atoms with Crippen LogP contribution in [0.15, 0.2) is 91.4 Å². The number of aromatic nitrogens is 2. The second kappa shape index (κ2) is 11.0. The second-order valence-corrected chi connectivity index (χ2v) is 9.19. The smallest absolute Gasteiger partial charge is 0.253 e. The normalized spacial score (nSPS) is 14.2. The molecule has 1 saturated heterocycles. The Morgan fingerprint density at radius 2 is 1.58 bits per heavy atom. The molecule has 0 radical (unpaired) electrons. The quantitative estimate of drug-likeness (QED) is 0.401. The highest BCUT2D eigenvalue weighted by Gasteiger charge is 2.21. The molecule has 0 spiro atoms. The van der Waals surface area contributed by atoms with Crippen LogP contribution in [0.4, 0.5) is 0 Å². The Labute approximate surface area is 212 Å². The third-order valence-corrected chi connectivity index (χ3v) is 6.73. The number of rotatable bonds is 6. The zero-order chi connectivity index (χ0) is 24.7. The van der Waals surface area contributed by atoms with Crippen molar-refractivity contribution in [3.05, 3.63) is 114 Å². The largest absolute Gasteiger partial charge is 0.337 e. The first-order valence-corrected chi connectivity index (χ1v) is 12.3. The SMILES string of the molecule is N#Cc1ccc(Cn2cncc2CN2CCCN(C(=O)c3ccc(-c4ccccc4)cc3)CC2)cc1. The number of carbonyl (C=O) groups excluding carboxylic acids is 1. The Hall–Kier alpha value is -4.21. The fraction of sp³-hybridized carbons (Fsp3) is 0.233. The fourth-order valence-electron chi connectivity index (χ4n) is 4.68. The molecule has 1 aliphatic heterocycles. The summed E-state index contributed by atoms with van der Waals surface area (Å²) < 4.78 is 2.16. The first kappa shape index (κ1) is 23.5. The van der Waals surface area contributed by atoms with Crippen molar-refractivity contribution in [1.29, 1.82) is 5.26 Å². The molecular weight excluding hydrogens is 446 g/mol. The van der Waals surface area contributed by atoms with Gasteiger partial charge >= 0.3 is 0 Å². The number of hydrogen-bond donors (Lipinski definition) is 0. The lowest BCUT2D eigenvalue weighted by Crippen LogP contribution is -2.35. The number of amides is 1. The molecule has 180 valence electrons. The standard InChI is InChI=1S/C30H29N5O/c31-19-24-7-9-25(10-8-24)21-35-23-32-20-29(35)22-33-15-4-16-34(18-17-33)30(36)28-13-11-27(12-14-28)26-5-2-1-3-6-26/h1-3,5-14,20,23H,4,15-18,21-22H2. The number of nitriles is 1. The predicted molar refractivity (Wildman–Crippen MR) is 140 cm³/mol. The number of imidazole rings is 1. The summed E-state index contributed by atoms with van der Waals surface area (Å²) in [6.07, 6.45) is 4.73. The maximum atomic E-state index is 13.2. The van der Waals surface area contributed by atoms with Gasteiger partial charge in [0.1, 0.15) is 0 Å². The van der Waals surface area contributed by atoms with Gasteiger partial charge in [-0.25, -0.2) is 4.98 Å². The van der Waals surface area contributed by atoms with Crippen molar-refractivity contribution < 1.29 is 4.79 Å². The van der Waals surface area contributed by atoms with Crippen LogP contribution in [0, 0.1) is 11.3 Å². The highest BCUT2D eigenvalue weighted by atomic mass is 16.2. The highest BCUT2D eigenvalue weighted by molar-refractivity contribution is 5.94. The number of hydrogen-bond acceptors (Lipinski definition) is 4. The minimum absolute atomic E-state index is 0.0994. The van der Waals surface area contributed by atoms with Gasteiger partial charge in [-0.15, -0.1) is 0 Å². The van der Waals surface area contributed by atoms with Crippen molar-refractivity contribution in [2.45, 2.75) is 19.5 Å². The van der Waals surface area contributed by atoms with Crippen LogP contribution >= 0.6 is 0 Å². The molecule has 0 aliphatic carbocycles. The van der Waals surface area contributed by atoms with E-state index in [1.807, 2.05) is 84.2 Å². The predicted octanol–water partition coefficient (Wildman–Crippen LogP) is 4.82. The Morgan fingerprint density at radius 1 is 0.833 bits per heavy atom. The first-order chi connectivity index (χ1) is 17.7. The molecule has 0 N–H and O–H groups in total. The van der Waals surface area contributed by atoms with E-state index in [4.69, 9.17) is 5.26 Å². The van der Waals surface area contributed by atoms with Crippen molar-refractivity contribution in [2.24, 2.45) is 0 Å².